The number of amides is 2. The lowest BCUT2D eigenvalue weighted by atomic mass is 10.1. The van der Waals surface area contributed by atoms with Crippen LogP contribution in [0.15, 0.2) is 0 Å². The summed E-state index contributed by atoms with van der Waals surface area (Å²) in [5.74, 6) is -0.514. The first-order chi connectivity index (χ1) is 8.26. The molecule has 0 saturated carbocycles. The molecule has 1 N–H and O–H groups in total. The summed E-state index contributed by atoms with van der Waals surface area (Å²) in [6, 6.07) is 0.0108. The molecule has 98 valence electrons. The number of urea groups is 1. The summed E-state index contributed by atoms with van der Waals surface area (Å²) in [5.41, 5.74) is 0. The molecule has 0 radical (unpaired) electrons. The lowest BCUT2D eigenvalue weighted by Gasteiger charge is -2.38. The second kappa shape index (κ2) is 5.69. The largest absolute Gasteiger partial charge is 0.346 e. The van der Waals surface area contributed by atoms with Crippen LogP contribution in [0.5, 0.6) is 0 Å². The van der Waals surface area contributed by atoms with Crippen molar-refractivity contribution in [2.24, 2.45) is 0 Å². The molecule has 0 atom stereocenters. The number of ether oxygens (including phenoxy) is 2. The van der Waals surface area contributed by atoms with E-state index in [2.05, 4.69) is 12.2 Å². The molecule has 0 aromatic carbocycles. The van der Waals surface area contributed by atoms with Crippen LogP contribution in [0.4, 0.5) is 4.79 Å². The van der Waals surface area contributed by atoms with E-state index in [9.17, 15) is 4.79 Å². The maximum Gasteiger partial charge on any atom is 0.317 e. The monoisotopic (exact) mass is 242 g/mol. The number of piperidine rings is 1. The van der Waals surface area contributed by atoms with Gasteiger partial charge in [0, 0.05) is 19.5 Å². The van der Waals surface area contributed by atoms with Crippen molar-refractivity contribution in [3.05, 3.63) is 0 Å². The maximum absolute atomic E-state index is 11.9. The number of hydrogen-bond acceptors (Lipinski definition) is 3. The first kappa shape index (κ1) is 12.6. The van der Waals surface area contributed by atoms with Crippen molar-refractivity contribution < 1.29 is 14.3 Å². The average Bonchev–Trinajstić information content (AvgIpc) is 2.77. The van der Waals surface area contributed by atoms with Gasteiger partial charge in [-0.2, -0.15) is 0 Å². The van der Waals surface area contributed by atoms with Crippen LogP contribution in [0.1, 0.15) is 32.6 Å². The minimum absolute atomic E-state index is 0.0108. The summed E-state index contributed by atoms with van der Waals surface area (Å²) >= 11 is 0. The molecule has 2 aliphatic rings. The van der Waals surface area contributed by atoms with Gasteiger partial charge in [-0.1, -0.05) is 13.3 Å². The quantitative estimate of drug-likeness (QED) is 0.760. The van der Waals surface area contributed by atoms with Crippen molar-refractivity contribution in [1.29, 1.82) is 0 Å². The molecule has 2 aliphatic heterocycles. The Bertz CT molecular complexity index is 264. The first-order valence-electron chi connectivity index (χ1n) is 6.56. The van der Waals surface area contributed by atoms with E-state index in [0.29, 0.717) is 19.8 Å². The zero-order chi connectivity index (χ0) is 12.1. The molecule has 2 rings (SSSR count). The minimum Gasteiger partial charge on any atom is -0.346 e. The normalized spacial score (nSPS) is 23.0. The SMILES string of the molecule is CCCCNC(=O)N1CCCC2(C1)OCCO2. The van der Waals surface area contributed by atoms with Gasteiger partial charge in [-0.05, 0) is 12.8 Å². The van der Waals surface area contributed by atoms with Crippen molar-refractivity contribution >= 4 is 6.03 Å². The first-order valence-corrected chi connectivity index (χ1v) is 6.56. The predicted molar refractivity (Wildman–Crippen MR) is 63.7 cm³/mol. The summed E-state index contributed by atoms with van der Waals surface area (Å²) in [7, 11) is 0. The van der Waals surface area contributed by atoms with Gasteiger partial charge in [0.1, 0.15) is 0 Å². The van der Waals surface area contributed by atoms with Gasteiger partial charge in [0.25, 0.3) is 0 Å². The van der Waals surface area contributed by atoms with E-state index in [-0.39, 0.29) is 6.03 Å². The van der Waals surface area contributed by atoms with E-state index < -0.39 is 5.79 Å². The van der Waals surface area contributed by atoms with Gasteiger partial charge in [0.15, 0.2) is 5.79 Å². The van der Waals surface area contributed by atoms with E-state index in [4.69, 9.17) is 9.47 Å². The van der Waals surface area contributed by atoms with E-state index in [1.165, 1.54) is 0 Å². The molecule has 0 aromatic rings. The highest BCUT2D eigenvalue weighted by Crippen LogP contribution is 2.29. The highest BCUT2D eigenvalue weighted by atomic mass is 16.7. The van der Waals surface area contributed by atoms with Gasteiger partial charge < -0.3 is 19.7 Å². The van der Waals surface area contributed by atoms with Crippen molar-refractivity contribution in [1.82, 2.24) is 10.2 Å². The number of likely N-dealkylation sites (tertiary alicyclic amines) is 1. The molecule has 2 fully saturated rings. The fourth-order valence-corrected chi connectivity index (χ4v) is 2.38. The Morgan fingerprint density at radius 1 is 1.41 bits per heavy atom. The van der Waals surface area contributed by atoms with Gasteiger partial charge in [-0.15, -0.1) is 0 Å². The van der Waals surface area contributed by atoms with E-state index in [0.717, 1.165) is 38.8 Å². The number of carbonyl (C=O) groups is 1. The standard InChI is InChI=1S/C12H22N2O3/c1-2-3-6-13-11(15)14-7-4-5-12(10-14)16-8-9-17-12/h2-10H2,1H3,(H,13,15). The molecule has 0 aliphatic carbocycles. The highest BCUT2D eigenvalue weighted by Gasteiger charge is 2.41. The van der Waals surface area contributed by atoms with Crippen LogP contribution >= 0.6 is 0 Å². The third kappa shape index (κ3) is 3.10. The fraction of sp³-hybridized carbons (Fsp3) is 0.917. The maximum atomic E-state index is 11.9. The van der Waals surface area contributed by atoms with Crippen LogP contribution in [0, 0.1) is 0 Å². The Labute approximate surface area is 102 Å². The molecule has 17 heavy (non-hydrogen) atoms. The summed E-state index contributed by atoms with van der Waals surface area (Å²) in [6.07, 6.45) is 3.96. The Hall–Kier alpha value is -0.810. The number of nitrogens with zero attached hydrogens (tertiary/aromatic N) is 1. The molecule has 2 saturated heterocycles. The molecule has 2 amide bonds. The van der Waals surface area contributed by atoms with Gasteiger partial charge >= 0.3 is 6.03 Å². The molecule has 5 nitrogen and oxygen atoms in total. The van der Waals surface area contributed by atoms with Gasteiger partial charge in [0.2, 0.25) is 0 Å². The second-order valence-electron chi connectivity index (χ2n) is 4.72. The van der Waals surface area contributed by atoms with Gasteiger partial charge in [0.05, 0.1) is 19.8 Å². The molecule has 5 heteroatoms. The number of carbonyl (C=O) groups excluding carboxylic acids is 1. The Morgan fingerprint density at radius 3 is 2.88 bits per heavy atom. The molecule has 1 spiro atoms. The van der Waals surface area contributed by atoms with Crippen LogP contribution in [0.3, 0.4) is 0 Å². The Morgan fingerprint density at radius 2 is 2.18 bits per heavy atom. The van der Waals surface area contributed by atoms with Crippen LogP contribution < -0.4 is 5.32 Å². The Balaban J connectivity index is 1.82. The van der Waals surface area contributed by atoms with Crippen molar-refractivity contribution in [2.45, 2.75) is 38.4 Å². The topological polar surface area (TPSA) is 50.8 Å². The summed E-state index contributed by atoms with van der Waals surface area (Å²) in [4.78, 5) is 13.7. The summed E-state index contributed by atoms with van der Waals surface area (Å²) in [6.45, 7) is 5.51. The molecule has 0 bridgehead atoms. The molecule has 2 heterocycles. The van der Waals surface area contributed by atoms with Crippen LogP contribution in [0.2, 0.25) is 0 Å². The molecule has 0 unspecified atom stereocenters. The van der Waals surface area contributed by atoms with E-state index in [1.807, 2.05) is 4.90 Å². The van der Waals surface area contributed by atoms with Crippen molar-refractivity contribution in [3.8, 4) is 0 Å². The number of nitrogens with one attached hydrogen (secondary N) is 1. The summed E-state index contributed by atoms with van der Waals surface area (Å²) < 4.78 is 11.3. The van der Waals surface area contributed by atoms with Crippen LogP contribution in [-0.2, 0) is 9.47 Å². The van der Waals surface area contributed by atoms with E-state index >= 15 is 0 Å². The number of hydrogen-bond donors (Lipinski definition) is 1. The lowest BCUT2D eigenvalue weighted by Crippen LogP contribution is -2.53. The zero-order valence-electron chi connectivity index (χ0n) is 10.5. The third-order valence-electron chi connectivity index (χ3n) is 3.32. The van der Waals surface area contributed by atoms with Crippen molar-refractivity contribution in [3.63, 3.8) is 0 Å². The van der Waals surface area contributed by atoms with Crippen LogP contribution in [0.25, 0.3) is 0 Å². The highest BCUT2D eigenvalue weighted by molar-refractivity contribution is 5.74. The lowest BCUT2D eigenvalue weighted by molar-refractivity contribution is -0.182. The predicted octanol–water partition coefficient (Wildman–Crippen LogP) is 1.33. The summed E-state index contributed by atoms with van der Waals surface area (Å²) in [5, 5.41) is 2.94. The molecule has 0 aromatic heterocycles. The van der Waals surface area contributed by atoms with Gasteiger partial charge in [-0.25, -0.2) is 4.79 Å². The Kier molecular flexibility index (Phi) is 4.23. The third-order valence-corrected chi connectivity index (χ3v) is 3.32. The van der Waals surface area contributed by atoms with E-state index in [1.54, 1.807) is 0 Å². The fourth-order valence-electron chi connectivity index (χ4n) is 2.38. The average molecular weight is 242 g/mol. The smallest absolute Gasteiger partial charge is 0.317 e. The van der Waals surface area contributed by atoms with Gasteiger partial charge in [-0.3, -0.25) is 0 Å². The second-order valence-corrected chi connectivity index (χ2v) is 4.72. The van der Waals surface area contributed by atoms with Crippen molar-refractivity contribution in [2.75, 3.05) is 32.8 Å². The zero-order valence-corrected chi connectivity index (χ0v) is 10.5. The number of unbranched alkanes of at least 4 members (excludes halogenated alkanes) is 1. The molecular weight excluding hydrogens is 220 g/mol. The van der Waals surface area contributed by atoms with Crippen LogP contribution in [-0.4, -0.2) is 49.6 Å². The molecular formula is C12H22N2O3. The minimum atomic E-state index is -0.514. The number of rotatable bonds is 3.